The minimum atomic E-state index is 0. The lowest BCUT2D eigenvalue weighted by Gasteiger charge is -2.11. The first-order valence-corrected chi connectivity index (χ1v) is 10.1. The molecule has 2 N–H and O–H groups in total. The molecule has 1 aliphatic rings. The van der Waals surface area contributed by atoms with Crippen molar-refractivity contribution >= 4 is 53.0 Å². The third-order valence-electron chi connectivity index (χ3n) is 3.62. The number of thioether (sulfide) groups is 1. The highest BCUT2D eigenvalue weighted by molar-refractivity contribution is 14.0. The Morgan fingerprint density at radius 2 is 2.12 bits per heavy atom. The van der Waals surface area contributed by atoms with Gasteiger partial charge in [0.05, 0.1) is 0 Å². The summed E-state index contributed by atoms with van der Waals surface area (Å²) in [6, 6.07) is 6.07. The monoisotopic (exact) mass is 506 g/mol. The van der Waals surface area contributed by atoms with Crippen molar-refractivity contribution in [1.29, 1.82) is 0 Å². The summed E-state index contributed by atoms with van der Waals surface area (Å²) in [5.41, 5.74) is 1.21. The average Bonchev–Trinajstić information content (AvgIpc) is 3.31. The fraction of sp³-hybridized carbons (Fsp3) is 0.412. The highest BCUT2D eigenvalue weighted by atomic mass is 127. The van der Waals surface area contributed by atoms with Crippen molar-refractivity contribution in [1.82, 2.24) is 15.6 Å². The molecular weight excluding hydrogens is 483 g/mol. The number of guanidine groups is 1. The number of hydrogen-bond donors (Lipinski definition) is 2. The molecule has 0 saturated carbocycles. The van der Waals surface area contributed by atoms with E-state index < -0.39 is 0 Å². The van der Waals surface area contributed by atoms with Gasteiger partial charge in [-0.1, -0.05) is 17.8 Å². The van der Waals surface area contributed by atoms with Crippen molar-refractivity contribution in [3.63, 3.8) is 0 Å². The predicted molar refractivity (Wildman–Crippen MR) is 119 cm³/mol. The van der Waals surface area contributed by atoms with Gasteiger partial charge in [0.25, 0.3) is 0 Å². The van der Waals surface area contributed by atoms with Gasteiger partial charge in [0, 0.05) is 37.5 Å². The van der Waals surface area contributed by atoms with Crippen molar-refractivity contribution < 1.29 is 9.47 Å². The lowest BCUT2D eigenvalue weighted by molar-refractivity contribution is 0.174. The molecule has 0 fully saturated rings. The van der Waals surface area contributed by atoms with Gasteiger partial charge >= 0.3 is 0 Å². The topological polar surface area (TPSA) is 67.8 Å². The van der Waals surface area contributed by atoms with Crippen molar-refractivity contribution in [2.24, 2.45) is 4.99 Å². The Labute approximate surface area is 179 Å². The van der Waals surface area contributed by atoms with Crippen LogP contribution in [0.4, 0.5) is 0 Å². The van der Waals surface area contributed by atoms with E-state index in [9.17, 15) is 0 Å². The lowest BCUT2D eigenvalue weighted by atomic mass is 10.1. The summed E-state index contributed by atoms with van der Waals surface area (Å²) in [5.74, 6) is 3.54. The Bertz CT molecular complexity index is 698. The van der Waals surface area contributed by atoms with Crippen LogP contribution in [0.25, 0.3) is 0 Å². The molecular formula is C17H23IN4O2S2. The van der Waals surface area contributed by atoms with E-state index in [0.29, 0.717) is 6.79 Å². The van der Waals surface area contributed by atoms with Crippen molar-refractivity contribution in [2.45, 2.75) is 17.2 Å². The zero-order chi connectivity index (χ0) is 17.3. The number of fused-ring (bicyclic) bond motifs is 1. The Hall–Kier alpha value is -1.20. The van der Waals surface area contributed by atoms with Gasteiger partial charge in [-0.15, -0.1) is 35.3 Å². The molecule has 6 nitrogen and oxygen atoms in total. The second kappa shape index (κ2) is 11.5. The fourth-order valence-electron chi connectivity index (χ4n) is 2.36. The predicted octanol–water partition coefficient (Wildman–Crippen LogP) is 3.38. The van der Waals surface area contributed by atoms with Gasteiger partial charge < -0.3 is 20.1 Å². The number of nitrogens with one attached hydrogen (secondary N) is 2. The number of hydrogen-bond acceptors (Lipinski definition) is 6. The van der Waals surface area contributed by atoms with E-state index in [-0.39, 0.29) is 24.0 Å². The molecule has 9 heteroatoms. The first kappa shape index (κ1) is 21.1. The van der Waals surface area contributed by atoms with E-state index in [1.54, 1.807) is 30.1 Å². The van der Waals surface area contributed by atoms with Gasteiger partial charge in [0.15, 0.2) is 17.5 Å². The maximum absolute atomic E-state index is 5.41. The Morgan fingerprint density at radius 3 is 2.92 bits per heavy atom. The van der Waals surface area contributed by atoms with Gasteiger partial charge in [-0.2, -0.15) is 0 Å². The summed E-state index contributed by atoms with van der Waals surface area (Å²) in [6.45, 7) is 2.02. The molecule has 0 radical (unpaired) electrons. The largest absolute Gasteiger partial charge is 0.454 e. The van der Waals surface area contributed by atoms with E-state index in [2.05, 4.69) is 26.7 Å². The minimum absolute atomic E-state index is 0. The van der Waals surface area contributed by atoms with Crippen LogP contribution in [0.5, 0.6) is 11.5 Å². The van der Waals surface area contributed by atoms with Crippen LogP contribution in [0.3, 0.4) is 0 Å². The second-order valence-electron chi connectivity index (χ2n) is 5.36. The van der Waals surface area contributed by atoms with Crippen molar-refractivity contribution in [2.75, 3.05) is 32.7 Å². The van der Waals surface area contributed by atoms with E-state index in [0.717, 1.165) is 53.5 Å². The van der Waals surface area contributed by atoms with E-state index in [1.165, 1.54) is 5.56 Å². The van der Waals surface area contributed by atoms with Gasteiger partial charge in [0.2, 0.25) is 6.79 Å². The van der Waals surface area contributed by atoms with E-state index in [1.807, 2.05) is 23.7 Å². The molecule has 142 valence electrons. The fourth-order valence-corrected chi connectivity index (χ4v) is 4.01. The van der Waals surface area contributed by atoms with Crippen LogP contribution < -0.4 is 20.1 Å². The molecule has 1 aliphatic heterocycles. The lowest BCUT2D eigenvalue weighted by Crippen LogP contribution is -2.38. The summed E-state index contributed by atoms with van der Waals surface area (Å²) in [6.07, 6.45) is 3.81. The Balaban J connectivity index is 0.00000243. The SMILES string of the molecule is CN=C(NCCCSc1nccs1)NCCc1ccc2c(c1)OCO2.I. The van der Waals surface area contributed by atoms with E-state index in [4.69, 9.17) is 9.47 Å². The van der Waals surface area contributed by atoms with Gasteiger partial charge in [-0.3, -0.25) is 4.99 Å². The average molecular weight is 506 g/mol. The standard InChI is InChI=1S/C17H22N4O2S2.HI/c1-18-16(19-6-2-9-24-17-21-8-10-25-17)20-7-5-13-3-4-14-15(11-13)23-12-22-14;/h3-4,8,10-11H,2,5-7,9,12H2,1H3,(H2,18,19,20);1H. The molecule has 1 aromatic carbocycles. The quantitative estimate of drug-likeness (QED) is 0.188. The number of thiazole rings is 1. The van der Waals surface area contributed by atoms with Gasteiger partial charge in [-0.25, -0.2) is 4.98 Å². The molecule has 2 aromatic rings. The molecule has 0 aliphatic carbocycles. The van der Waals surface area contributed by atoms with Crippen LogP contribution in [0.2, 0.25) is 0 Å². The maximum atomic E-state index is 5.41. The van der Waals surface area contributed by atoms with Crippen LogP contribution in [0.1, 0.15) is 12.0 Å². The molecule has 0 amide bonds. The molecule has 0 atom stereocenters. The smallest absolute Gasteiger partial charge is 0.231 e. The zero-order valence-corrected chi connectivity index (χ0v) is 18.5. The molecule has 1 aromatic heterocycles. The Kier molecular flexibility index (Phi) is 9.33. The van der Waals surface area contributed by atoms with Crippen LogP contribution >= 0.6 is 47.1 Å². The van der Waals surface area contributed by atoms with Gasteiger partial charge in [-0.05, 0) is 30.5 Å². The number of rotatable bonds is 8. The molecule has 0 saturated heterocycles. The van der Waals surface area contributed by atoms with Gasteiger partial charge in [0.1, 0.15) is 4.34 Å². The summed E-state index contributed by atoms with van der Waals surface area (Å²) in [7, 11) is 1.79. The first-order chi connectivity index (χ1) is 12.3. The summed E-state index contributed by atoms with van der Waals surface area (Å²) < 4.78 is 11.9. The third-order valence-corrected chi connectivity index (χ3v) is 5.67. The van der Waals surface area contributed by atoms with Crippen molar-refractivity contribution in [3.05, 3.63) is 35.3 Å². The molecule has 26 heavy (non-hydrogen) atoms. The van der Waals surface area contributed by atoms with Crippen LogP contribution in [0.15, 0.2) is 39.1 Å². The van der Waals surface area contributed by atoms with Crippen LogP contribution in [0, 0.1) is 0 Å². The van der Waals surface area contributed by atoms with Crippen molar-refractivity contribution in [3.8, 4) is 11.5 Å². The first-order valence-electron chi connectivity index (χ1n) is 8.20. The summed E-state index contributed by atoms with van der Waals surface area (Å²) in [5, 5.41) is 8.69. The maximum Gasteiger partial charge on any atom is 0.231 e. The minimum Gasteiger partial charge on any atom is -0.454 e. The van der Waals surface area contributed by atoms with E-state index >= 15 is 0 Å². The van der Waals surface area contributed by atoms with Crippen LogP contribution in [-0.2, 0) is 6.42 Å². The number of benzene rings is 1. The number of aliphatic imine (C=N–C) groups is 1. The molecule has 3 rings (SSSR count). The van der Waals surface area contributed by atoms with Crippen LogP contribution in [-0.4, -0.2) is 43.6 Å². The zero-order valence-electron chi connectivity index (χ0n) is 14.6. The molecule has 2 heterocycles. The molecule has 0 bridgehead atoms. The second-order valence-corrected chi connectivity index (χ2v) is 7.60. The molecule has 0 unspecified atom stereocenters. The normalized spacial score (nSPS) is 12.6. The highest BCUT2D eigenvalue weighted by Gasteiger charge is 2.12. The summed E-state index contributed by atoms with van der Waals surface area (Å²) >= 11 is 3.48. The summed E-state index contributed by atoms with van der Waals surface area (Å²) in [4.78, 5) is 8.52. The number of halogens is 1. The highest BCUT2D eigenvalue weighted by Crippen LogP contribution is 2.32. The third kappa shape index (κ3) is 6.51. The number of nitrogens with zero attached hydrogens (tertiary/aromatic N) is 2. The number of ether oxygens (including phenoxy) is 2. The number of aromatic nitrogens is 1. The molecule has 0 spiro atoms. The Morgan fingerprint density at radius 1 is 1.27 bits per heavy atom.